The summed E-state index contributed by atoms with van der Waals surface area (Å²) in [4.78, 5) is 5.33. The first-order valence-electron chi connectivity index (χ1n) is 45.3. The molecule has 3 aliphatic rings. The van der Waals surface area contributed by atoms with Crippen molar-refractivity contribution in [2.24, 2.45) is 0 Å². The average Bonchev–Trinajstić information content (AvgIpc) is 1.67. The van der Waals surface area contributed by atoms with E-state index >= 15 is 0 Å². The lowest BCUT2D eigenvalue weighted by Crippen LogP contribution is -2.61. The molecule has 0 amide bonds. The molecule has 4 heterocycles. The lowest BCUT2D eigenvalue weighted by molar-refractivity contribution is 0.568. The van der Waals surface area contributed by atoms with Gasteiger partial charge in [-0.3, -0.25) is 0 Å². The second-order valence-electron chi connectivity index (χ2n) is 42.1. The number of rotatable bonds is 10. The summed E-state index contributed by atoms with van der Waals surface area (Å²) in [6.45, 7) is 42.1. The van der Waals surface area contributed by atoms with E-state index in [1.807, 2.05) is 0 Å². The van der Waals surface area contributed by atoms with Gasteiger partial charge in [-0.2, -0.15) is 0 Å². The van der Waals surface area contributed by atoms with Crippen LogP contribution in [0, 0.1) is 0 Å². The Balaban J connectivity index is 0.892. The van der Waals surface area contributed by atoms with Gasteiger partial charge in [0.1, 0.15) is 5.58 Å². The van der Waals surface area contributed by atoms with E-state index in [9.17, 15) is 0 Å². The van der Waals surface area contributed by atoms with Crippen LogP contribution in [0.5, 0.6) is 0 Å². The van der Waals surface area contributed by atoms with E-state index < -0.39 is 5.41 Å². The van der Waals surface area contributed by atoms with E-state index in [4.69, 9.17) is 4.42 Å². The Morgan fingerprint density at radius 2 is 0.651 bits per heavy atom. The Morgan fingerprint density at radius 3 is 1.16 bits per heavy atom. The first-order chi connectivity index (χ1) is 60.2. The van der Waals surface area contributed by atoms with E-state index in [1.54, 1.807) is 0 Å². The normalized spacial score (nSPS) is 13.8. The second kappa shape index (κ2) is 28.9. The van der Waals surface area contributed by atoms with Crippen LogP contribution in [0.25, 0.3) is 116 Å². The Hall–Kier alpha value is -13.2. The smallest absolute Gasteiger partial charge is 0.252 e. The van der Waals surface area contributed by atoms with Crippen molar-refractivity contribution in [2.45, 2.75) is 163 Å². The van der Waals surface area contributed by atoms with E-state index in [0.29, 0.717) is 0 Å². The number of furan rings is 1. The van der Waals surface area contributed by atoms with Crippen LogP contribution in [0.2, 0.25) is 0 Å². The molecule has 126 heavy (non-hydrogen) atoms. The van der Waals surface area contributed by atoms with Crippen molar-refractivity contribution in [1.82, 2.24) is 4.57 Å². The Kier molecular flexibility index (Phi) is 18.4. The van der Waals surface area contributed by atoms with E-state index in [2.05, 4.69) is 479 Å². The molecule has 5 heteroatoms. The number of anilines is 6. The number of hydrogen-bond donors (Lipinski definition) is 0. The molecule has 618 valence electrons. The maximum absolute atomic E-state index is 8.05. The average molecular weight is 1630 g/mol. The molecule has 4 nitrogen and oxygen atoms in total. The number of para-hydroxylation sites is 2. The highest BCUT2D eigenvalue weighted by molar-refractivity contribution is 7.00. The van der Waals surface area contributed by atoms with Crippen LogP contribution in [-0.4, -0.2) is 11.3 Å². The molecule has 21 rings (SSSR count). The molecule has 0 saturated carbocycles. The summed E-state index contributed by atoms with van der Waals surface area (Å²) in [7, 11) is 0. The third-order valence-corrected chi connectivity index (χ3v) is 27.8. The molecule has 0 bridgehead atoms. The zero-order valence-electron chi connectivity index (χ0n) is 76.2. The van der Waals surface area contributed by atoms with Crippen molar-refractivity contribution in [3.63, 3.8) is 0 Å². The van der Waals surface area contributed by atoms with Crippen LogP contribution in [0.15, 0.2) is 344 Å². The summed E-state index contributed by atoms with van der Waals surface area (Å²) < 4.78 is 10.7. The van der Waals surface area contributed by atoms with Gasteiger partial charge in [0, 0.05) is 55.4 Å². The highest BCUT2D eigenvalue weighted by Crippen LogP contribution is 2.59. The largest absolute Gasteiger partial charge is 0.453 e. The maximum atomic E-state index is 8.05. The van der Waals surface area contributed by atoms with E-state index in [1.165, 1.54) is 111 Å². The number of aromatic nitrogens is 1. The highest BCUT2D eigenvalue weighted by atomic mass is 16.3. The maximum Gasteiger partial charge on any atom is 0.252 e. The summed E-state index contributed by atoms with van der Waals surface area (Å²) in [5, 5.41) is 4.57. The molecule has 0 radical (unpaired) electrons. The predicted molar refractivity (Wildman–Crippen MR) is 539 cm³/mol. The van der Waals surface area contributed by atoms with Crippen molar-refractivity contribution < 1.29 is 4.42 Å². The fraction of sp³-hybridized carbons (Fsp3) is 0.207. The van der Waals surface area contributed by atoms with Gasteiger partial charge in [0.05, 0.1) is 33.5 Å². The molecule has 2 aliphatic heterocycles. The Morgan fingerprint density at radius 1 is 0.238 bits per heavy atom. The lowest BCUT2D eigenvalue weighted by atomic mass is 9.33. The van der Waals surface area contributed by atoms with Crippen LogP contribution >= 0.6 is 0 Å². The SMILES string of the molecule is CC(C)(C)c1cc(-c2ccc3c(c2)N(c2ccc(-c4ccccc4)cc2-c2ccccc2)c2cc(-n4c5ccc(C(C)(C)C)cc5c5cc(C(C)(C)C)ccc54)cc4c2B3c2ccc(-c3cc(C(C)(C)C)cc(C(C)(C)C)c3)cc2N4c2cccc3c2oc2c(-c4ccc5c(c4)-c4ccccc4C5(c4ccccc4)c4ccccc4)cccc23)cc(C(C)(C)C)c1. The van der Waals surface area contributed by atoms with Crippen molar-refractivity contribution in [2.75, 3.05) is 9.80 Å². The van der Waals surface area contributed by atoms with Gasteiger partial charge in [-0.05, 0) is 233 Å². The van der Waals surface area contributed by atoms with Crippen LogP contribution in [0.4, 0.5) is 34.1 Å². The van der Waals surface area contributed by atoms with Gasteiger partial charge in [0.15, 0.2) is 5.58 Å². The molecule has 0 spiro atoms. The van der Waals surface area contributed by atoms with Crippen molar-refractivity contribution in [3.8, 4) is 72.4 Å². The second-order valence-corrected chi connectivity index (χ2v) is 42.1. The fourth-order valence-corrected chi connectivity index (χ4v) is 20.8. The van der Waals surface area contributed by atoms with Gasteiger partial charge in [-0.25, -0.2) is 0 Å². The lowest BCUT2D eigenvalue weighted by Gasteiger charge is -2.45. The van der Waals surface area contributed by atoms with E-state index in [-0.39, 0.29) is 39.2 Å². The van der Waals surface area contributed by atoms with Gasteiger partial charge < -0.3 is 18.8 Å². The minimum Gasteiger partial charge on any atom is -0.453 e. The molecule has 0 unspecified atom stereocenters. The molecule has 0 N–H and O–H groups in total. The summed E-state index contributed by atoms with van der Waals surface area (Å²) in [6.07, 6.45) is 0. The summed E-state index contributed by atoms with van der Waals surface area (Å²) >= 11 is 0. The molecule has 2 aromatic heterocycles. The Labute approximate surface area is 745 Å². The van der Waals surface area contributed by atoms with Gasteiger partial charge in [-0.15, -0.1) is 0 Å². The van der Waals surface area contributed by atoms with Crippen LogP contribution in [0.3, 0.4) is 0 Å². The van der Waals surface area contributed by atoms with Crippen LogP contribution < -0.4 is 26.2 Å². The zero-order valence-corrected chi connectivity index (χ0v) is 76.2. The first kappa shape index (κ1) is 79.9. The summed E-state index contributed by atoms with van der Waals surface area (Å²) in [6, 6.07) is 131. The van der Waals surface area contributed by atoms with Gasteiger partial charge >= 0.3 is 0 Å². The third kappa shape index (κ3) is 13.1. The molecule has 0 fully saturated rings. The molecular weight excluding hydrogens is 1520 g/mol. The van der Waals surface area contributed by atoms with Gasteiger partial charge in [0.25, 0.3) is 6.71 Å². The quantitative estimate of drug-likeness (QED) is 0.128. The summed E-state index contributed by atoms with van der Waals surface area (Å²) in [5.74, 6) is 0. The molecule has 18 aromatic rings. The number of nitrogens with zero attached hydrogens (tertiary/aromatic N) is 3. The minimum absolute atomic E-state index is 0.115. The Bertz CT molecular complexity index is 7270. The zero-order chi connectivity index (χ0) is 87.2. The molecule has 1 aliphatic carbocycles. The molecule has 0 atom stereocenters. The van der Waals surface area contributed by atoms with Crippen LogP contribution in [0.1, 0.15) is 180 Å². The number of fused-ring (bicyclic) bond motifs is 13. The summed E-state index contributed by atoms with van der Waals surface area (Å²) in [5.41, 5.74) is 40.5. The predicted octanol–water partition coefficient (Wildman–Crippen LogP) is 31.2. The molecule has 16 aromatic carbocycles. The number of benzene rings is 16. The topological polar surface area (TPSA) is 24.6 Å². The highest BCUT2D eigenvalue weighted by Gasteiger charge is 2.48. The van der Waals surface area contributed by atoms with Crippen LogP contribution in [-0.2, 0) is 37.9 Å². The van der Waals surface area contributed by atoms with Crippen molar-refractivity contribution >= 4 is 101 Å². The first-order valence-corrected chi connectivity index (χ1v) is 45.3. The monoisotopic (exact) mass is 1630 g/mol. The van der Waals surface area contributed by atoms with Crippen molar-refractivity contribution in [3.05, 3.63) is 395 Å². The fourth-order valence-electron chi connectivity index (χ4n) is 20.8. The van der Waals surface area contributed by atoms with Gasteiger partial charge in [0.2, 0.25) is 0 Å². The van der Waals surface area contributed by atoms with Crippen molar-refractivity contribution in [1.29, 1.82) is 0 Å². The van der Waals surface area contributed by atoms with Gasteiger partial charge in [-0.1, -0.05) is 392 Å². The number of hydrogen-bond acceptors (Lipinski definition) is 3. The molecule has 0 saturated heterocycles. The minimum atomic E-state index is -0.543. The molecular formula is C121H110BN3O. The third-order valence-electron chi connectivity index (χ3n) is 27.8. The standard InChI is InChI=1S/C121H110BN3O/c1-115(2,3)85-53-59-105-98(71-85)99-72-86(116(4,5)6)54-60-106(99)123(105)91-73-110-112-111(74-91)125(107-48-34-46-95-94-45-33-44-92(113(94)126-114(95)107)80-49-55-101-97(66-80)93-43-31-32-47-100(93)121(101,83-39-27-21-28-40-83)84-41-29-22-30-42-84)109-68-79(82-63-89(119(13,14)15)70-90(64-82)120(16,17)18)51-57-103(109)122(112)102-56-50-78(81-61-87(117(7,8)9)69-88(62-81)118(10,11)12)67-108(102)124(110)104-58-52-77(75-35-23-19-24-36-75)65-96(104)76-37-25-20-26-38-76/h19-74H,1-18H3. The van der Waals surface area contributed by atoms with E-state index in [0.717, 1.165) is 112 Å².